The third-order valence-corrected chi connectivity index (χ3v) is 8.13. The van der Waals surface area contributed by atoms with Crippen molar-refractivity contribution in [3.8, 4) is 0 Å². The quantitative estimate of drug-likeness (QED) is 0.726. The molecule has 1 heterocycles. The van der Waals surface area contributed by atoms with Gasteiger partial charge in [-0.2, -0.15) is 4.31 Å². The van der Waals surface area contributed by atoms with Crippen LogP contribution in [0.1, 0.15) is 49.1 Å². The van der Waals surface area contributed by atoms with Gasteiger partial charge in [-0.05, 0) is 54.2 Å². The summed E-state index contributed by atoms with van der Waals surface area (Å²) in [4.78, 5) is 2.56. The zero-order valence-corrected chi connectivity index (χ0v) is 17.6. The number of halogens is 1. The molecule has 4 rings (SSSR count). The van der Waals surface area contributed by atoms with Crippen LogP contribution < -0.4 is 0 Å². The first kappa shape index (κ1) is 20.5. The van der Waals surface area contributed by atoms with Gasteiger partial charge in [0, 0.05) is 32.7 Å². The van der Waals surface area contributed by atoms with Crippen LogP contribution >= 0.6 is 0 Å². The molecule has 2 fully saturated rings. The Hall–Kier alpha value is -1.76. The van der Waals surface area contributed by atoms with E-state index in [0.29, 0.717) is 43.5 Å². The summed E-state index contributed by atoms with van der Waals surface area (Å²) >= 11 is 0. The second-order valence-electron chi connectivity index (χ2n) is 8.21. The lowest BCUT2D eigenvalue weighted by Gasteiger charge is -2.34. The highest BCUT2D eigenvalue weighted by atomic mass is 32.2. The lowest BCUT2D eigenvalue weighted by atomic mass is 9.84. The fourth-order valence-electron chi connectivity index (χ4n) is 4.52. The molecule has 1 aliphatic heterocycles. The molecule has 0 aromatic heterocycles. The molecule has 0 unspecified atom stereocenters. The number of nitrogens with zero attached hydrogens (tertiary/aromatic N) is 2. The molecule has 0 radical (unpaired) electrons. The molecule has 2 aromatic rings. The van der Waals surface area contributed by atoms with Gasteiger partial charge in [-0.25, -0.2) is 12.8 Å². The van der Waals surface area contributed by atoms with E-state index in [1.54, 1.807) is 22.5 Å². The predicted octanol–water partition coefficient (Wildman–Crippen LogP) is 4.38. The average Bonchev–Trinajstić information content (AvgIpc) is 2.75. The Bertz CT molecular complexity index is 916. The van der Waals surface area contributed by atoms with Crippen molar-refractivity contribution in [2.75, 3.05) is 26.2 Å². The number of rotatable bonds is 5. The average molecular weight is 417 g/mol. The van der Waals surface area contributed by atoms with Crippen LogP contribution in [0, 0.1) is 5.82 Å². The molecule has 0 N–H and O–H groups in total. The predicted molar refractivity (Wildman–Crippen MR) is 113 cm³/mol. The van der Waals surface area contributed by atoms with Crippen LogP contribution in [0.2, 0.25) is 0 Å². The fraction of sp³-hybridized carbons (Fsp3) is 0.478. The molecule has 4 nitrogen and oxygen atoms in total. The summed E-state index contributed by atoms with van der Waals surface area (Å²) in [6.45, 7) is 2.86. The molecular weight excluding hydrogens is 387 g/mol. The Balaban J connectivity index is 1.37. The molecule has 6 heteroatoms. The summed E-state index contributed by atoms with van der Waals surface area (Å²) < 4.78 is 41.0. The van der Waals surface area contributed by atoms with Gasteiger partial charge in [0.1, 0.15) is 5.82 Å². The van der Waals surface area contributed by atoms with Gasteiger partial charge >= 0.3 is 0 Å². The number of benzene rings is 2. The number of sulfonamides is 1. The van der Waals surface area contributed by atoms with Gasteiger partial charge in [0.05, 0.1) is 4.90 Å². The second kappa shape index (κ2) is 8.94. The van der Waals surface area contributed by atoms with E-state index in [1.807, 2.05) is 18.2 Å². The number of hydrogen-bond donors (Lipinski definition) is 0. The Kier molecular flexibility index (Phi) is 6.32. The van der Waals surface area contributed by atoms with Crippen LogP contribution in [0.5, 0.6) is 0 Å². The number of piperazine rings is 1. The van der Waals surface area contributed by atoms with Gasteiger partial charge in [-0.15, -0.1) is 0 Å². The molecule has 1 saturated heterocycles. The molecule has 0 spiro atoms. The summed E-state index contributed by atoms with van der Waals surface area (Å²) in [7, 11) is -3.47. The molecule has 0 atom stereocenters. The second-order valence-corrected chi connectivity index (χ2v) is 10.2. The maximum Gasteiger partial charge on any atom is 0.243 e. The largest absolute Gasteiger partial charge is 0.296 e. The van der Waals surface area contributed by atoms with Crippen molar-refractivity contribution in [3.63, 3.8) is 0 Å². The van der Waals surface area contributed by atoms with Crippen molar-refractivity contribution < 1.29 is 12.8 Å². The Morgan fingerprint density at radius 1 is 0.897 bits per heavy atom. The zero-order valence-electron chi connectivity index (χ0n) is 16.8. The first-order valence-electron chi connectivity index (χ1n) is 10.6. The minimum atomic E-state index is -3.47. The highest BCUT2D eigenvalue weighted by Gasteiger charge is 2.28. The summed E-state index contributed by atoms with van der Waals surface area (Å²) in [5.74, 6) is 0.340. The third kappa shape index (κ3) is 4.87. The van der Waals surface area contributed by atoms with Crippen molar-refractivity contribution in [2.45, 2.75) is 49.5 Å². The fourth-order valence-corrected chi connectivity index (χ4v) is 5.94. The monoisotopic (exact) mass is 416 g/mol. The van der Waals surface area contributed by atoms with Gasteiger partial charge in [0.2, 0.25) is 10.0 Å². The van der Waals surface area contributed by atoms with Crippen molar-refractivity contribution in [2.24, 2.45) is 0 Å². The minimum Gasteiger partial charge on any atom is -0.296 e. The lowest BCUT2D eigenvalue weighted by Crippen LogP contribution is -2.48. The van der Waals surface area contributed by atoms with Crippen LogP contribution in [0.25, 0.3) is 0 Å². The van der Waals surface area contributed by atoms with E-state index >= 15 is 0 Å². The lowest BCUT2D eigenvalue weighted by molar-refractivity contribution is 0.181. The number of hydrogen-bond acceptors (Lipinski definition) is 3. The van der Waals surface area contributed by atoms with Gasteiger partial charge < -0.3 is 0 Å². The first-order chi connectivity index (χ1) is 14.0. The Morgan fingerprint density at radius 3 is 2.24 bits per heavy atom. The summed E-state index contributed by atoms with van der Waals surface area (Å²) in [6.07, 6.45) is 6.27. The zero-order chi connectivity index (χ0) is 20.3. The Labute approximate surface area is 173 Å². The molecule has 2 aromatic carbocycles. The molecule has 1 aliphatic carbocycles. The van der Waals surface area contributed by atoms with E-state index in [-0.39, 0.29) is 5.82 Å². The molecule has 29 heavy (non-hydrogen) atoms. The van der Waals surface area contributed by atoms with E-state index in [2.05, 4.69) is 4.90 Å². The van der Waals surface area contributed by atoms with Crippen molar-refractivity contribution >= 4 is 10.0 Å². The van der Waals surface area contributed by atoms with Gasteiger partial charge in [-0.1, -0.05) is 43.5 Å². The van der Waals surface area contributed by atoms with Crippen LogP contribution in [0.3, 0.4) is 0 Å². The van der Waals surface area contributed by atoms with Crippen LogP contribution in [0.4, 0.5) is 4.39 Å². The molecule has 0 bridgehead atoms. The van der Waals surface area contributed by atoms with E-state index in [4.69, 9.17) is 0 Å². The van der Waals surface area contributed by atoms with E-state index in [9.17, 15) is 12.8 Å². The van der Waals surface area contributed by atoms with Crippen LogP contribution in [-0.2, 0) is 16.6 Å². The standard InChI is InChI=1S/C23H29FN2O2S/c24-22-8-4-5-19(17-22)18-25-13-15-26(16-14-25)29(27,28)23-11-9-21(10-12-23)20-6-2-1-3-7-20/h4-5,8-12,17,20H,1-3,6-7,13-16,18H2. The minimum absolute atomic E-state index is 0.236. The summed E-state index contributed by atoms with van der Waals surface area (Å²) in [5, 5.41) is 0. The summed E-state index contributed by atoms with van der Waals surface area (Å²) in [5.41, 5.74) is 2.18. The Morgan fingerprint density at radius 2 is 1.59 bits per heavy atom. The van der Waals surface area contributed by atoms with E-state index < -0.39 is 10.0 Å². The van der Waals surface area contributed by atoms with Crippen molar-refractivity contribution in [3.05, 3.63) is 65.5 Å². The van der Waals surface area contributed by atoms with Gasteiger partial charge in [0.25, 0.3) is 0 Å². The van der Waals surface area contributed by atoms with Crippen LogP contribution in [-0.4, -0.2) is 43.8 Å². The molecule has 156 valence electrons. The van der Waals surface area contributed by atoms with E-state index in [0.717, 1.165) is 5.56 Å². The SMILES string of the molecule is O=S(=O)(c1ccc(C2CCCCC2)cc1)N1CCN(Cc2cccc(F)c2)CC1. The topological polar surface area (TPSA) is 40.6 Å². The van der Waals surface area contributed by atoms with Gasteiger partial charge in [0.15, 0.2) is 0 Å². The molecule has 0 amide bonds. The summed E-state index contributed by atoms with van der Waals surface area (Å²) in [6, 6.07) is 14.1. The van der Waals surface area contributed by atoms with Crippen LogP contribution in [0.15, 0.2) is 53.4 Å². The van der Waals surface area contributed by atoms with E-state index in [1.165, 1.54) is 49.8 Å². The molecule has 1 saturated carbocycles. The van der Waals surface area contributed by atoms with Crippen molar-refractivity contribution in [1.29, 1.82) is 0 Å². The maximum atomic E-state index is 13.4. The smallest absolute Gasteiger partial charge is 0.243 e. The van der Waals surface area contributed by atoms with Gasteiger partial charge in [-0.3, -0.25) is 4.90 Å². The van der Waals surface area contributed by atoms with Crippen molar-refractivity contribution in [1.82, 2.24) is 9.21 Å². The normalized spacial score (nSPS) is 20.0. The maximum absolute atomic E-state index is 13.4. The highest BCUT2D eigenvalue weighted by molar-refractivity contribution is 7.89. The highest BCUT2D eigenvalue weighted by Crippen LogP contribution is 2.33. The third-order valence-electron chi connectivity index (χ3n) is 6.22. The molecule has 2 aliphatic rings. The molecular formula is C23H29FN2O2S. The first-order valence-corrected chi connectivity index (χ1v) is 12.0.